The molecule has 0 fully saturated rings. The molecular formula is C28H33BO2. The molecule has 0 bridgehead atoms. The van der Waals surface area contributed by atoms with E-state index >= 15 is 0 Å². The molecule has 1 atom stereocenters. The van der Waals surface area contributed by atoms with Crippen molar-refractivity contribution in [1.29, 1.82) is 0 Å². The molecule has 31 heavy (non-hydrogen) atoms. The highest BCUT2D eigenvalue weighted by Gasteiger charge is 2.15. The first kappa shape index (κ1) is 22.9. The van der Waals surface area contributed by atoms with Gasteiger partial charge >= 0.3 is 5.97 Å². The predicted molar refractivity (Wildman–Crippen MR) is 133 cm³/mol. The fourth-order valence-electron chi connectivity index (χ4n) is 4.31. The first-order chi connectivity index (χ1) is 14.7. The quantitative estimate of drug-likeness (QED) is 0.310. The molecule has 3 heteroatoms. The Morgan fingerprint density at radius 1 is 0.839 bits per heavy atom. The van der Waals surface area contributed by atoms with Gasteiger partial charge in [-0.25, -0.2) is 4.79 Å². The van der Waals surface area contributed by atoms with E-state index in [9.17, 15) is 4.79 Å². The number of hydrogen-bond donors (Lipinski definition) is 0. The third kappa shape index (κ3) is 5.28. The molecule has 2 nitrogen and oxygen atoms in total. The molecule has 0 spiro atoms. The van der Waals surface area contributed by atoms with Crippen LogP contribution in [-0.2, 0) is 0 Å². The zero-order valence-electron chi connectivity index (χ0n) is 19.9. The van der Waals surface area contributed by atoms with Crippen LogP contribution in [-0.4, -0.2) is 13.2 Å². The first-order valence-electron chi connectivity index (χ1n) is 11.2. The Morgan fingerprint density at radius 2 is 1.32 bits per heavy atom. The van der Waals surface area contributed by atoms with Gasteiger partial charge in [-0.15, -0.1) is 0 Å². The Morgan fingerprint density at radius 3 is 1.81 bits per heavy atom. The van der Waals surface area contributed by atoms with Crippen LogP contribution in [0.25, 0.3) is 0 Å². The Bertz CT molecular complexity index is 1050. The van der Waals surface area contributed by atoms with Gasteiger partial charge in [0.2, 0.25) is 0 Å². The molecular weight excluding hydrogens is 379 g/mol. The van der Waals surface area contributed by atoms with Gasteiger partial charge in [0.05, 0.1) is 5.56 Å². The SMILES string of the molecule is CCC(C)c1ccc(C(=O)Oc2cc(C)c(Bc3c(C)cc(C)cc3C)c(C)c2)cc1. The van der Waals surface area contributed by atoms with E-state index in [2.05, 4.69) is 60.6 Å². The van der Waals surface area contributed by atoms with Crippen molar-refractivity contribution in [2.24, 2.45) is 0 Å². The van der Waals surface area contributed by atoms with Crippen molar-refractivity contribution in [3.05, 3.63) is 87.5 Å². The van der Waals surface area contributed by atoms with Gasteiger partial charge in [-0.3, -0.25) is 0 Å². The van der Waals surface area contributed by atoms with Crippen LogP contribution >= 0.6 is 0 Å². The molecule has 0 heterocycles. The average molecular weight is 412 g/mol. The molecule has 0 amide bonds. The van der Waals surface area contributed by atoms with Gasteiger partial charge in [0.15, 0.2) is 7.28 Å². The molecule has 3 aromatic carbocycles. The monoisotopic (exact) mass is 412 g/mol. The molecule has 0 N–H and O–H groups in total. The molecule has 160 valence electrons. The molecule has 0 aliphatic carbocycles. The average Bonchev–Trinajstić information content (AvgIpc) is 2.71. The van der Waals surface area contributed by atoms with E-state index in [0.29, 0.717) is 17.2 Å². The van der Waals surface area contributed by atoms with Crippen molar-refractivity contribution in [3.8, 4) is 5.75 Å². The van der Waals surface area contributed by atoms with Crippen molar-refractivity contribution >= 4 is 24.2 Å². The molecule has 0 aliphatic heterocycles. The molecule has 0 saturated heterocycles. The first-order valence-corrected chi connectivity index (χ1v) is 11.2. The molecule has 1 unspecified atom stereocenters. The van der Waals surface area contributed by atoms with E-state index in [0.717, 1.165) is 24.8 Å². The minimum Gasteiger partial charge on any atom is -0.423 e. The summed E-state index contributed by atoms with van der Waals surface area (Å²) in [5, 5.41) is 0. The molecule has 0 aromatic heterocycles. The number of carbonyl (C=O) groups is 1. The predicted octanol–water partition coefficient (Wildman–Crippen LogP) is 5.35. The van der Waals surface area contributed by atoms with Gasteiger partial charge in [0.1, 0.15) is 5.75 Å². The van der Waals surface area contributed by atoms with Crippen LogP contribution in [0.1, 0.15) is 69.9 Å². The lowest BCUT2D eigenvalue weighted by atomic mass is 9.58. The minimum atomic E-state index is -0.313. The zero-order chi connectivity index (χ0) is 22.7. The van der Waals surface area contributed by atoms with E-state index in [1.165, 1.54) is 33.2 Å². The Kier molecular flexibility index (Phi) is 7.05. The third-order valence-corrected chi connectivity index (χ3v) is 6.40. The topological polar surface area (TPSA) is 26.3 Å². The van der Waals surface area contributed by atoms with E-state index in [-0.39, 0.29) is 5.97 Å². The zero-order valence-corrected chi connectivity index (χ0v) is 19.9. The fraction of sp³-hybridized carbons (Fsp3) is 0.321. The maximum absolute atomic E-state index is 12.7. The number of rotatable bonds is 6. The Balaban J connectivity index is 1.80. The number of ether oxygens (including phenoxy) is 1. The third-order valence-electron chi connectivity index (χ3n) is 6.40. The summed E-state index contributed by atoms with van der Waals surface area (Å²) in [6, 6.07) is 16.2. The fourth-order valence-corrected chi connectivity index (χ4v) is 4.31. The number of carbonyl (C=O) groups excluding carboxylic acids is 1. The second-order valence-corrected chi connectivity index (χ2v) is 8.91. The lowest BCUT2D eigenvalue weighted by Gasteiger charge is -2.16. The van der Waals surface area contributed by atoms with Gasteiger partial charge < -0.3 is 4.74 Å². The van der Waals surface area contributed by atoms with Crippen LogP contribution in [0.5, 0.6) is 5.75 Å². The lowest BCUT2D eigenvalue weighted by molar-refractivity contribution is 0.0734. The Hall–Kier alpha value is -2.81. The maximum atomic E-state index is 12.7. The highest BCUT2D eigenvalue weighted by atomic mass is 16.5. The van der Waals surface area contributed by atoms with Gasteiger partial charge in [-0.05, 0) is 76.8 Å². The highest BCUT2D eigenvalue weighted by molar-refractivity contribution is 6.69. The molecule has 0 radical (unpaired) electrons. The van der Waals surface area contributed by atoms with Crippen molar-refractivity contribution < 1.29 is 9.53 Å². The second kappa shape index (κ2) is 9.55. The van der Waals surface area contributed by atoms with Gasteiger partial charge in [0.25, 0.3) is 0 Å². The summed E-state index contributed by atoms with van der Waals surface area (Å²) in [5.41, 5.74) is 10.8. The molecule has 3 rings (SSSR count). The number of hydrogen-bond acceptors (Lipinski definition) is 2. The van der Waals surface area contributed by atoms with Gasteiger partial charge in [0, 0.05) is 0 Å². The van der Waals surface area contributed by atoms with Crippen molar-refractivity contribution in [2.75, 3.05) is 0 Å². The van der Waals surface area contributed by atoms with Crippen LogP contribution in [0.4, 0.5) is 0 Å². The van der Waals surface area contributed by atoms with Crippen LogP contribution in [0.15, 0.2) is 48.5 Å². The largest absolute Gasteiger partial charge is 0.423 e. The van der Waals surface area contributed by atoms with Crippen molar-refractivity contribution in [1.82, 2.24) is 0 Å². The van der Waals surface area contributed by atoms with E-state index < -0.39 is 0 Å². The van der Waals surface area contributed by atoms with Crippen LogP contribution < -0.4 is 15.7 Å². The van der Waals surface area contributed by atoms with Crippen LogP contribution in [0.2, 0.25) is 0 Å². The smallest absolute Gasteiger partial charge is 0.343 e. The van der Waals surface area contributed by atoms with Crippen molar-refractivity contribution in [3.63, 3.8) is 0 Å². The van der Waals surface area contributed by atoms with E-state index in [1.807, 2.05) is 36.4 Å². The summed E-state index contributed by atoms with van der Waals surface area (Å²) >= 11 is 0. The molecule has 0 saturated carbocycles. The summed E-state index contributed by atoms with van der Waals surface area (Å²) in [6.45, 7) is 15.1. The van der Waals surface area contributed by atoms with Crippen LogP contribution in [0, 0.1) is 34.6 Å². The summed E-state index contributed by atoms with van der Waals surface area (Å²) in [6.07, 6.45) is 1.08. The summed E-state index contributed by atoms with van der Waals surface area (Å²) in [4.78, 5) is 12.7. The van der Waals surface area contributed by atoms with Crippen LogP contribution in [0.3, 0.4) is 0 Å². The van der Waals surface area contributed by atoms with E-state index in [1.54, 1.807) is 0 Å². The van der Waals surface area contributed by atoms with Crippen molar-refractivity contribution in [2.45, 2.75) is 60.8 Å². The summed E-state index contributed by atoms with van der Waals surface area (Å²) < 4.78 is 5.72. The lowest BCUT2D eigenvalue weighted by Crippen LogP contribution is -2.34. The Labute approximate surface area is 187 Å². The van der Waals surface area contributed by atoms with E-state index in [4.69, 9.17) is 4.74 Å². The maximum Gasteiger partial charge on any atom is 0.343 e. The normalized spacial score (nSPS) is 11.8. The summed E-state index contributed by atoms with van der Waals surface area (Å²) in [7, 11) is 0.890. The minimum absolute atomic E-state index is 0.313. The molecule has 0 aliphatic rings. The number of aryl methyl sites for hydroxylation is 5. The second-order valence-electron chi connectivity index (χ2n) is 8.91. The highest BCUT2D eigenvalue weighted by Crippen LogP contribution is 2.21. The summed E-state index contributed by atoms with van der Waals surface area (Å²) in [5.74, 6) is 0.781. The standard InChI is InChI=1S/C28H33BO2/c1-8-18(3)23-9-11-24(12-10-23)28(30)31-25-15-21(6)27(22(7)16-25)29-26-19(4)13-17(2)14-20(26)5/h9-16,18,29H,8H2,1-7H3. The number of benzene rings is 3. The van der Waals surface area contributed by atoms with Gasteiger partial charge in [-0.2, -0.15) is 0 Å². The number of esters is 1. The van der Waals surface area contributed by atoms with Gasteiger partial charge in [-0.1, -0.05) is 76.9 Å². The molecule has 3 aromatic rings.